The number of hydrogen-bond donors (Lipinski definition) is 2. The Morgan fingerprint density at radius 3 is 2.71 bits per heavy atom. The van der Waals surface area contributed by atoms with E-state index in [0.29, 0.717) is 12.3 Å². The van der Waals surface area contributed by atoms with Crippen molar-refractivity contribution in [2.75, 3.05) is 19.8 Å². The van der Waals surface area contributed by atoms with Crippen molar-refractivity contribution in [1.82, 2.24) is 10.6 Å². The maximum absolute atomic E-state index is 11.7. The SMILES string of the molecule is CC(NC(=O)CCNC(C)(C)C)C1CCOC1. The summed E-state index contributed by atoms with van der Waals surface area (Å²) in [5, 5.41) is 6.36. The Labute approximate surface area is 104 Å². The van der Waals surface area contributed by atoms with E-state index in [1.165, 1.54) is 0 Å². The lowest BCUT2D eigenvalue weighted by Crippen LogP contribution is -2.42. The van der Waals surface area contributed by atoms with Crippen LogP contribution in [0.2, 0.25) is 0 Å². The van der Waals surface area contributed by atoms with Gasteiger partial charge in [0, 0.05) is 37.1 Å². The summed E-state index contributed by atoms with van der Waals surface area (Å²) in [7, 11) is 0. The van der Waals surface area contributed by atoms with Gasteiger partial charge in [-0.2, -0.15) is 0 Å². The quantitative estimate of drug-likeness (QED) is 0.764. The van der Waals surface area contributed by atoms with Crippen molar-refractivity contribution < 1.29 is 9.53 Å². The Kier molecular flexibility index (Phi) is 5.40. The lowest BCUT2D eigenvalue weighted by Gasteiger charge is -2.22. The first-order chi connectivity index (χ1) is 7.88. The molecule has 0 radical (unpaired) electrons. The van der Waals surface area contributed by atoms with Crippen molar-refractivity contribution in [3.63, 3.8) is 0 Å². The summed E-state index contributed by atoms with van der Waals surface area (Å²) in [4.78, 5) is 11.7. The second-order valence-electron chi connectivity index (χ2n) is 5.91. The molecule has 2 atom stereocenters. The molecule has 0 spiro atoms. The fourth-order valence-electron chi connectivity index (χ4n) is 1.94. The fourth-order valence-corrected chi connectivity index (χ4v) is 1.94. The van der Waals surface area contributed by atoms with Crippen LogP contribution in [0.5, 0.6) is 0 Å². The Bertz CT molecular complexity index is 242. The van der Waals surface area contributed by atoms with Crippen LogP contribution in [0.25, 0.3) is 0 Å². The second kappa shape index (κ2) is 6.36. The maximum Gasteiger partial charge on any atom is 0.221 e. The third kappa shape index (κ3) is 6.03. The highest BCUT2D eigenvalue weighted by atomic mass is 16.5. The molecule has 0 aromatic carbocycles. The van der Waals surface area contributed by atoms with E-state index in [1.807, 2.05) is 0 Å². The van der Waals surface area contributed by atoms with Crippen molar-refractivity contribution in [3.8, 4) is 0 Å². The number of rotatable bonds is 5. The van der Waals surface area contributed by atoms with Crippen LogP contribution in [0.4, 0.5) is 0 Å². The van der Waals surface area contributed by atoms with Gasteiger partial charge in [-0.1, -0.05) is 0 Å². The van der Waals surface area contributed by atoms with Crippen LogP contribution >= 0.6 is 0 Å². The second-order valence-corrected chi connectivity index (χ2v) is 5.91. The normalized spacial score (nSPS) is 22.5. The first-order valence-electron chi connectivity index (χ1n) is 6.50. The van der Waals surface area contributed by atoms with Gasteiger partial charge in [-0.05, 0) is 34.1 Å². The zero-order chi connectivity index (χ0) is 12.9. The van der Waals surface area contributed by atoms with E-state index < -0.39 is 0 Å². The van der Waals surface area contributed by atoms with Gasteiger partial charge in [0.25, 0.3) is 0 Å². The molecule has 2 unspecified atom stereocenters. The third-order valence-electron chi connectivity index (χ3n) is 3.07. The number of amides is 1. The first-order valence-corrected chi connectivity index (χ1v) is 6.50. The summed E-state index contributed by atoms with van der Waals surface area (Å²) in [5.41, 5.74) is 0.0746. The van der Waals surface area contributed by atoms with Crippen LogP contribution in [0.3, 0.4) is 0 Å². The van der Waals surface area contributed by atoms with Gasteiger partial charge in [0.15, 0.2) is 0 Å². The molecule has 100 valence electrons. The van der Waals surface area contributed by atoms with Gasteiger partial charge in [-0.3, -0.25) is 4.79 Å². The highest BCUT2D eigenvalue weighted by molar-refractivity contribution is 5.76. The average Bonchev–Trinajstić information content (AvgIpc) is 2.67. The molecule has 0 saturated carbocycles. The molecule has 0 aromatic rings. The van der Waals surface area contributed by atoms with E-state index in [1.54, 1.807) is 0 Å². The van der Waals surface area contributed by atoms with Gasteiger partial charge in [0.2, 0.25) is 5.91 Å². The summed E-state index contributed by atoms with van der Waals surface area (Å²) >= 11 is 0. The highest BCUT2D eigenvalue weighted by Gasteiger charge is 2.23. The zero-order valence-corrected chi connectivity index (χ0v) is 11.5. The van der Waals surface area contributed by atoms with Crippen LogP contribution in [-0.4, -0.2) is 37.2 Å². The maximum atomic E-state index is 11.7. The molecule has 1 amide bonds. The fraction of sp³-hybridized carbons (Fsp3) is 0.923. The molecule has 17 heavy (non-hydrogen) atoms. The molecule has 0 aromatic heterocycles. The minimum Gasteiger partial charge on any atom is -0.381 e. The van der Waals surface area contributed by atoms with Crippen LogP contribution in [0.1, 0.15) is 40.5 Å². The third-order valence-corrected chi connectivity index (χ3v) is 3.07. The molecule has 0 bridgehead atoms. The van der Waals surface area contributed by atoms with E-state index in [9.17, 15) is 4.79 Å². The molecular formula is C13H26N2O2. The molecule has 1 heterocycles. The van der Waals surface area contributed by atoms with E-state index in [2.05, 4.69) is 38.3 Å². The average molecular weight is 242 g/mol. The molecule has 1 rings (SSSR count). The first kappa shape index (κ1) is 14.5. The molecule has 4 heteroatoms. The van der Waals surface area contributed by atoms with E-state index in [0.717, 1.165) is 26.2 Å². The lowest BCUT2D eigenvalue weighted by molar-refractivity contribution is -0.122. The minimum absolute atomic E-state index is 0.0746. The van der Waals surface area contributed by atoms with Gasteiger partial charge in [0.05, 0.1) is 6.61 Å². The van der Waals surface area contributed by atoms with Crippen molar-refractivity contribution in [2.45, 2.75) is 52.1 Å². The van der Waals surface area contributed by atoms with Gasteiger partial charge in [-0.25, -0.2) is 0 Å². The number of hydrogen-bond acceptors (Lipinski definition) is 3. The molecule has 2 N–H and O–H groups in total. The molecule has 1 aliphatic rings. The summed E-state index contributed by atoms with van der Waals surface area (Å²) in [5.74, 6) is 0.607. The van der Waals surface area contributed by atoms with Gasteiger partial charge < -0.3 is 15.4 Å². The summed E-state index contributed by atoms with van der Waals surface area (Å²) in [6, 6.07) is 0.222. The van der Waals surface area contributed by atoms with Crippen molar-refractivity contribution in [1.29, 1.82) is 0 Å². The van der Waals surface area contributed by atoms with Crippen molar-refractivity contribution >= 4 is 5.91 Å². The van der Waals surface area contributed by atoms with Gasteiger partial charge >= 0.3 is 0 Å². The Hall–Kier alpha value is -0.610. The minimum atomic E-state index is 0.0746. The van der Waals surface area contributed by atoms with Crippen LogP contribution in [0, 0.1) is 5.92 Å². The molecule has 4 nitrogen and oxygen atoms in total. The highest BCUT2D eigenvalue weighted by Crippen LogP contribution is 2.16. The van der Waals surface area contributed by atoms with Crippen LogP contribution in [0.15, 0.2) is 0 Å². The number of ether oxygens (including phenoxy) is 1. The summed E-state index contributed by atoms with van der Waals surface area (Å²) < 4.78 is 5.32. The molecule has 0 aliphatic carbocycles. The predicted molar refractivity (Wildman–Crippen MR) is 68.9 cm³/mol. The van der Waals surface area contributed by atoms with Crippen molar-refractivity contribution in [3.05, 3.63) is 0 Å². The monoisotopic (exact) mass is 242 g/mol. The topological polar surface area (TPSA) is 50.4 Å². The van der Waals surface area contributed by atoms with Crippen LogP contribution < -0.4 is 10.6 Å². The standard InChI is InChI=1S/C13H26N2O2/c1-10(11-6-8-17-9-11)15-12(16)5-7-14-13(2,3)4/h10-11,14H,5-9H2,1-4H3,(H,15,16). The predicted octanol–water partition coefficient (Wildman–Crippen LogP) is 1.31. The number of nitrogens with one attached hydrogen (secondary N) is 2. The van der Waals surface area contributed by atoms with E-state index >= 15 is 0 Å². The zero-order valence-electron chi connectivity index (χ0n) is 11.5. The lowest BCUT2D eigenvalue weighted by atomic mass is 10.0. The summed E-state index contributed by atoms with van der Waals surface area (Å²) in [6.45, 7) is 10.7. The molecule has 1 aliphatic heterocycles. The smallest absolute Gasteiger partial charge is 0.221 e. The van der Waals surface area contributed by atoms with E-state index in [-0.39, 0.29) is 17.5 Å². The Morgan fingerprint density at radius 2 is 2.18 bits per heavy atom. The Morgan fingerprint density at radius 1 is 1.47 bits per heavy atom. The van der Waals surface area contributed by atoms with Crippen LogP contribution in [-0.2, 0) is 9.53 Å². The van der Waals surface area contributed by atoms with Crippen molar-refractivity contribution in [2.24, 2.45) is 5.92 Å². The number of carbonyl (C=O) groups excluding carboxylic acids is 1. The van der Waals surface area contributed by atoms with Gasteiger partial charge in [-0.15, -0.1) is 0 Å². The molecule has 1 fully saturated rings. The largest absolute Gasteiger partial charge is 0.381 e. The Balaban J connectivity index is 2.15. The molecular weight excluding hydrogens is 216 g/mol. The summed E-state index contributed by atoms with van der Waals surface area (Å²) in [6.07, 6.45) is 1.59. The molecule has 1 saturated heterocycles. The van der Waals surface area contributed by atoms with Gasteiger partial charge in [0.1, 0.15) is 0 Å². The number of carbonyl (C=O) groups is 1. The van der Waals surface area contributed by atoms with E-state index in [4.69, 9.17) is 4.74 Å².